The normalized spacial score (nSPS) is 18.3. The molecule has 0 spiro atoms. The van der Waals surface area contributed by atoms with Crippen molar-refractivity contribution in [3.05, 3.63) is 59.9 Å². The van der Waals surface area contributed by atoms with E-state index in [1.165, 1.54) is 0 Å². The van der Waals surface area contributed by atoms with Crippen LogP contribution in [-0.4, -0.2) is 29.0 Å². The minimum Gasteiger partial charge on any atom is -0.487 e. The highest BCUT2D eigenvalue weighted by atomic mass is 16.5. The fraction of sp³-hybridized carbons (Fsp3) is 0.458. The molecule has 3 N–H and O–H groups in total. The summed E-state index contributed by atoms with van der Waals surface area (Å²) in [4.78, 5) is 28.8. The smallest absolute Gasteiger partial charge is 0.315 e. The first kappa shape index (κ1) is 22.6. The number of rotatable bonds is 8. The van der Waals surface area contributed by atoms with E-state index in [1.807, 2.05) is 56.3 Å². The van der Waals surface area contributed by atoms with E-state index in [9.17, 15) is 9.59 Å². The number of nitrogens with one attached hydrogen (secondary N) is 3. The lowest BCUT2D eigenvalue weighted by molar-refractivity contribution is -0.126. The number of urea groups is 1. The lowest BCUT2D eigenvalue weighted by Gasteiger charge is -2.29. The summed E-state index contributed by atoms with van der Waals surface area (Å²) in [6, 6.07) is 13.3. The van der Waals surface area contributed by atoms with E-state index < -0.39 is 0 Å². The minimum atomic E-state index is -0.203. The van der Waals surface area contributed by atoms with Gasteiger partial charge in [-0.2, -0.15) is 0 Å². The van der Waals surface area contributed by atoms with Gasteiger partial charge in [0, 0.05) is 30.7 Å². The van der Waals surface area contributed by atoms with Crippen LogP contribution in [0.2, 0.25) is 0 Å². The number of carbonyl (C=O) groups is 2. The number of pyridine rings is 1. The van der Waals surface area contributed by atoms with Crippen LogP contribution in [0.3, 0.4) is 0 Å². The molecule has 3 amide bonds. The highest BCUT2D eigenvalue weighted by Crippen LogP contribution is 2.24. The maximum Gasteiger partial charge on any atom is 0.315 e. The summed E-state index contributed by atoms with van der Waals surface area (Å²) < 4.78 is 5.73. The number of carbonyl (C=O) groups excluding carboxylic acids is 2. The van der Waals surface area contributed by atoms with Gasteiger partial charge in [-0.3, -0.25) is 9.78 Å². The highest BCUT2D eigenvalue weighted by molar-refractivity contribution is 5.79. The summed E-state index contributed by atoms with van der Waals surface area (Å²) in [5, 5.41) is 8.89. The van der Waals surface area contributed by atoms with Crippen molar-refractivity contribution in [2.24, 2.45) is 5.92 Å². The molecule has 0 saturated heterocycles. The summed E-state index contributed by atoms with van der Waals surface area (Å²) in [7, 11) is 0. The fourth-order valence-corrected chi connectivity index (χ4v) is 3.72. The Morgan fingerprint density at radius 3 is 2.65 bits per heavy atom. The van der Waals surface area contributed by atoms with E-state index in [2.05, 4.69) is 20.9 Å². The van der Waals surface area contributed by atoms with E-state index in [0.717, 1.165) is 36.3 Å². The van der Waals surface area contributed by atoms with E-state index >= 15 is 0 Å². The number of nitrogens with zero attached hydrogens (tertiary/aromatic N) is 1. The van der Waals surface area contributed by atoms with Crippen molar-refractivity contribution >= 4 is 11.9 Å². The minimum absolute atomic E-state index is 0.0269. The molecule has 1 saturated carbocycles. The average Bonchev–Trinajstić information content (AvgIpc) is 2.77. The first-order valence-electron chi connectivity index (χ1n) is 11.0. The quantitative estimate of drug-likeness (QED) is 0.604. The molecule has 166 valence electrons. The van der Waals surface area contributed by atoms with Crippen molar-refractivity contribution in [3.63, 3.8) is 0 Å². The van der Waals surface area contributed by atoms with Crippen molar-refractivity contribution in [2.45, 2.75) is 64.8 Å². The number of benzene rings is 1. The van der Waals surface area contributed by atoms with Gasteiger partial charge >= 0.3 is 6.03 Å². The second-order valence-corrected chi connectivity index (χ2v) is 8.30. The van der Waals surface area contributed by atoms with Crippen molar-refractivity contribution < 1.29 is 14.3 Å². The van der Waals surface area contributed by atoms with Crippen LogP contribution in [0.15, 0.2) is 48.7 Å². The molecule has 1 aromatic heterocycles. The Labute approximate surface area is 184 Å². The molecule has 1 aliphatic rings. The zero-order chi connectivity index (χ0) is 22.1. The van der Waals surface area contributed by atoms with Gasteiger partial charge in [-0.05, 0) is 62.9 Å². The third kappa shape index (κ3) is 7.59. The number of ether oxygens (including phenoxy) is 1. The van der Waals surface area contributed by atoms with Crippen molar-refractivity contribution in [2.75, 3.05) is 0 Å². The van der Waals surface area contributed by atoms with Crippen LogP contribution < -0.4 is 20.7 Å². The zero-order valence-electron chi connectivity index (χ0n) is 18.3. The third-order valence-corrected chi connectivity index (χ3v) is 5.30. The van der Waals surface area contributed by atoms with Gasteiger partial charge in [-0.25, -0.2) is 4.79 Å². The largest absolute Gasteiger partial charge is 0.487 e. The Balaban J connectivity index is 1.39. The van der Waals surface area contributed by atoms with Gasteiger partial charge in [-0.15, -0.1) is 0 Å². The Hall–Kier alpha value is -3.09. The summed E-state index contributed by atoms with van der Waals surface area (Å²) in [6.45, 7) is 4.76. The Kier molecular flexibility index (Phi) is 8.27. The van der Waals surface area contributed by atoms with Crippen LogP contribution in [0.4, 0.5) is 4.79 Å². The molecule has 31 heavy (non-hydrogen) atoms. The number of aromatic nitrogens is 1. The van der Waals surface area contributed by atoms with Crippen LogP contribution in [-0.2, 0) is 17.9 Å². The van der Waals surface area contributed by atoms with Crippen molar-refractivity contribution in [3.8, 4) is 5.75 Å². The molecule has 7 nitrogen and oxygen atoms in total. The summed E-state index contributed by atoms with van der Waals surface area (Å²) in [5.74, 6) is 0.819. The molecule has 0 bridgehead atoms. The number of hydrogen-bond acceptors (Lipinski definition) is 4. The van der Waals surface area contributed by atoms with Crippen molar-refractivity contribution in [1.29, 1.82) is 0 Å². The monoisotopic (exact) mass is 424 g/mol. The molecule has 1 aliphatic carbocycles. The highest BCUT2D eigenvalue weighted by Gasteiger charge is 2.28. The SMILES string of the molecule is CC(C)NC(=O)C1CCCC(NC(=O)NCc2ccc(OCc3ccccn3)cc2)C1. The third-order valence-electron chi connectivity index (χ3n) is 5.30. The Bertz CT molecular complexity index is 840. The van der Waals surface area contributed by atoms with Crippen LogP contribution in [0.1, 0.15) is 50.8 Å². The zero-order valence-corrected chi connectivity index (χ0v) is 18.3. The molecule has 2 unspecified atom stereocenters. The second kappa shape index (κ2) is 11.3. The molecule has 0 radical (unpaired) electrons. The molecule has 1 aromatic carbocycles. The number of hydrogen-bond donors (Lipinski definition) is 3. The van der Waals surface area contributed by atoms with E-state index in [1.54, 1.807) is 6.20 Å². The van der Waals surface area contributed by atoms with Gasteiger partial charge in [0.2, 0.25) is 5.91 Å². The van der Waals surface area contributed by atoms with Gasteiger partial charge in [0.1, 0.15) is 12.4 Å². The Morgan fingerprint density at radius 1 is 1.13 bits per heavy atom. The lowest BCUT2D eigenvalue weighted by atomic mass is 9.85. The Morgan fingerprint density at radius 2 is 1.94 bits per heavy atom. The van der Waals surface area contributed by atoms with E-state index in [0.29, 0.717) is 19.6 Å². The van der Waals surface area contributed by atoms with Gasteiger partial charge in [0.25, 0.3) is 0 Å². The van der Waals surface area contributed by atoms with Crippen molar-refractivity contribution in [1.82, 2.24) is 20.9 Å². The number of amides is 3. The standard InChI is InChI=1S/C24H32N4O3/c1-17(2)27-23(29)19-6-5-8-20(14-19)28-24(30)26-15-18-9-11-22(12-10-18)31-16-21-7-3-4-13-25-21/h3-4,7,9-13,17,19-20H,5-6,8,14-16H2,1-2H3,(H,27,29)(H2,26,28,30). The van der Waals surface area contributed by atoms with Crippen LogP contribution >= 0.6 is 0 Å². The van der Waals surface area contributed by atoms with E-state index in [-0.39, 0.29) is 29.9 Å². The molecular formula is C24H32N4O3. The first-order valence-corrected chi connectivity index (χ1v) is 11.0. The van der Waals surface area contributed by atoms with E-state index in [4.69, 9.17) is 4.74 Å². The predicted octanol–water partition coefficient (Wildman–Crippen LogP) is 3.54. The van der Waals surface area contributed by atoms with Crippen LogP contribution in [0.25, 0.3) is 0 Å². The lowest BCUT2D eigenvalue weighted by Crippen LogP contribution is -2.46. The molecule has 1 heterocycles. The summed E-state index contributed by atoms with van der Waals surface area (Å²) in [6.07, 6.45) is 5.16. The molecule has 3 rings (SSSR count). The van der Waals surface area contributed by atoms with Crippen LogP contribution in [0.5, 0.6) is 5.75 Å². The maximum atomic E-state index is 12.3. The molecule has 2 atom stereocenters. The molecule has 1 fully saturated rings. The van der Waals surface area contributed by atoms with Gasteiger partial charge in [-0.1, -0.05) is 24.6 Å². The first-order chi connectivity index (χ1) is 15.0. The average molecular weight is 425 g/mol. The molecule has 7 heteroatoms. The molecule has 2 aromatic rings. The predicted molar refractivity (Wildman–Crippen MR) is 119 cm³/mol. The molecular weight excluding hydrogens is 392 g/mol. The topological polar surface area (TPSA) is 92.4 Å². The van der Waals surface area contributed by atoms with Gasteiger partial charge < -0.3 is 20.7 Å². The maximum absolute atomic E-state index is 12.3. The summed E-state index contributed by atoms with van der Waals surface area (Å²) >= 11 is 0. The van der Waals surface area contributed by atoms with Gasteiger partial charge in [0.05, 0.1) is 5.69 Å². The summed E-state index contributed by atoms with van der Waals surface area (Å²) in [5.41, 5.74) is 1.86. The second-order valence-electron chi connectivity index (χ2n) is 8.30. The molecule has 0 aliphatic heterocycles. The van der Waals surface area contributed by atoms with Gasteiger partial charge in [0.15, 0.2) is 0 Å². The van der Waals surface area contributed by atoms with Crippen LogP contribution in [0, 0.1) is 5.92 Å². The fourth-order valence-electron chi connectivity index (χ4n) is 3.72.